The third kappa shape index (κ3) is 2.66. The van der Waals surface area contributed by atoms with Gasteiger partial charge in [0.15, 0.2) is 11.9 Å². The summed E-state index contributed by atoms with van der Waals surface area (Å²) >= 11 is 0. The van der Waals surface area contributed by atoms with Crippen molar-refractivity contribution in [2.45, 2.75) is 37.9 Å². The molecule has 3 aromatic rings. The van der Waals surface area contributed by atoms with Gasteiger partial charge in [0, 0.05) is 18.7 Å². The zero-order valence-electron chi connectivity index (χ0n) is 14.4. The van der Waals surface area contributed by atoms with Gasteiger partial charge in [-0.2, -0.15) is 10.1 Å². The second-order valence-corrected chi connectivity index (χ2v) is 7.00. The summed E-state index contributed by atoms with van der Waals surface area (Å²) in [6, 6.07) is 5.67. The molecule has 0 N–H and O–H groups in total. The number of aromatic nitrogens is 4. The van der Waals surface area contributed by atoms with Crippen LogP contribution in [-0.4, -0.2) is 49.8 Å². The Kier molecular flexibility index (Phi) is 3.53. The molecule has 2 atom stereocenters. The van der Waals surface area contributed by atoms with E-state index in [4.69, 9.17) is 9.26 Å². The molecular weight excluding hydrogens is 334 g/mol. The number of morpholine rings is 1. The van der Waals surface area contributed by atoms with Crippen molar-refractivity contribution in [3.63, 3.8) is 0 Å². The zero-order valence-corrected chi connectivity index (χ0v) is 14.4. The van der Waals surface area contributed by atoms with Crippen LogP contribution in [0.25, 0.3) is 5.52 Å². The normalized spacial score (nSPS) is 23.5. The molecule has 8 nitrogen and oxygen atoms in total. The highest BCUT2D eigenvalue weighted by Gasteiger charge is 2.36. The summed E-state index contributed by atoms with van der Waals surface area (Å²) in [6.07, 6.45) is 5.15. The summed E-state index contributed by atoms with van der Waals surface area (Å²) in [5, 5.41) is 8.31. The topological polar surface area (TPSA) is 85.8 Å². The summed E-state index contributed by atoms with van der Waals surface area (Å²) in [5.74, 6) is 1.57. The molecule has 0 spiro atoms. The van der Waals surface area contributed by atoms with Crippen molar-refractivity contribution in [1.82, 2.24) is 24.7 Å². The second kappa shape index (κ2) is 5.91. The fraction of sp³-hybridized carbons (Fsp3) is 0.444. The molecule has 1 saturated heterocycles. The standard InChI is InChI=1S/C18H19N5O3/c1-11-9-22(18(24)13-8-19-23-7-3-2-4-14(13)23)10-15(25-11)17-20-16(21-26-17)12-5-6-12/h2-4,7-8,11-12,15H,5-6,9-10H2,1H3/t11-,15-/m1/s1. The SMILES string of the molecule is C[C@@H]1CN(C(=O)c2cnn3ccccc23)C[C@H](c2nc(C3CC3)no2)O1. The van der Waals surface area contributed by atoms with Gasteiger partial charge in [-0.05, 0) is 31.9 Å². The number of pyridine rings is 1. The van der Waals surface area contributed by atoms with Gasteiger partial charge < -0.3 is 14.2 Å². The van der Waals surface area contributed by atoms with Crippen molar-refractivity contribution in [2.75, 3.05) is 13.1 Å². The molecule has 26 heavy (non-hydrogen) atoms. The van der Waals surface area contributed by atoms with Gasteiger partial charge in [0.05, 0.1) is 29.9 Å². The summed E-state index contributed by atoms with van der Waals surface area (Å²) in [5.41, 5.74) is 1.38. The number of nitrogens with zero attached hydrogens (tertiary/aromatic N) is 5. The molecule has 2 fully saturated rings. The Morgan fingerprint density at radius 1 is 1.27 bits per heavy atom. The molecule has 0 unspecified atom stereocenters. The highest BCUT2D eigenvalue weighted by Crippen LogP contribution is 2.39. The Hall–Kier alpha value is -2.74. The Morgan fingerprint density at radius 2 is 2.15 bits per heavy atom. The number of hydrogen-bond donors (Lipinski definition) is 0. The van der Waals surface area contributed by atoms with Crippen LogP contribution in [0.5, 0.6) is 0 Å². The minimum absolute atomic E-state index is 0.0618. The highest BCUT2D eigenvalue weighted by atomic mass is 16.5. The summed E-state index contributed by atoms with van der Waals surface area (Å²) in [7, 11) is 0. The molecule has 5 rings (SSSR count). The third-order valence-corrected chi connectivity index (χ3v) is 4.88. The van der Waals surface area contributed by atoms with E-state index in [0.29, 0.717) is 30.5 Å². The fourth-order valence-electron chi connectivity index (χ4n) is 3.41. The molecule has 1 aliphatic carbocycles. The molecule has 1 amide bonds. The van der Waals surface area contributed by atoms with E-state index in [1.54, 1.807) is 15.6 Å². The van der Waals surface area contributed by atoms with E-state index < -0.39 is 6.10 Å². The lowest BCUT2D eigenvalue weighted by Gasteiger charge is -2.35. The minimum atomic E-state index is -0.399. The molecule has 0 aromatic carbocycles. The minimum Gasteiger partial charge on any atom is -0.362 e. The first-order valence-corrected chi connectivity index (χ1v) is 8.89. The van der Waals surface area contributed by atoms with Crippen molar-refractivity contribution in [1.29, 1.82) is 0 Å². The molecule has 0 radical (unpaired) electrons. The number of carbonyl (C=O) groups excluding carboxylic acids is 1. The van der Waals surface area contributed by atoms with Crippen LogP contribution in [0.1, 0.15) is 53.9 Å². The molecule has 0 bridgehead atoms. The number of amides is 1. The Balaban J connectivity index is 1.40. The van der Waals surface area contributed by atoms with Crippen molar-refractivity contribution in [3.8, 4) is 0 Å². The molecule has 1 aliphatic heterocycles. The lowest BCUT2D eigenvalue weighted by Crippen LogP contribution is -2.46. The molecule has 1 saturated carbocycles. The first-order valence-electron chi connectivity index (χ1n) is 8.89. The molecule has 2 aliphatic rings. The monoisotopic (exact) mass is 353 g/mol. The average molecular weight is 353 g/mol. The zero-order chi connectivity index (χ0) is 17.7. The second-order valence-electron chi connectivity index (χ2n) is 7.00. The van der Waals surface area contributed by atoms with E-state index in [1.807, 2.05) is 31.3 Å². The van der Waals surface area contributed by atoms with Gasteiger partial charge >= 0.3 is 0 Å². The maximum Gasteiger partial charge on any atom is 0.257 e. The fourth-order valence-corrected chi connectivity index (χ4v) is 3.41. The van der Waals surface area contributed by atoms with Gasteiger partial charge in [-0.1, -0.05) is 11.2 Å². The largest absolute Gasteiger partial charge is 0.362 e. The lowest BCUT2D eigenvalue weighted by atomic mass is 10.1. The summed E-state index contributed by atoms with van der Waals surface area (Å²) < 4.78 is 13.1. The number of rotatable bonds is 3. The summed E-state index contributed by atoms with van der Waals surface area (Å²) in [4.78, 5) is 19.3. The van der Waals surface area contributed by atoms with Crippen LogP contribution in [0.2, 0.25) is 0 Å². The van der Waals surface area contributed by atoms with Gasteiger partial charge in [0.2, 0.25) is 0 Å². The Labute approximate surface area is 149 Å². The maximum absolute atomic E-state index is 13.1. The molecule has 134 valence electrons. The molecule has 4 heterocycles. The van der Waals surface area contributed by atoms with Crippen molar-refractivity contribution in [2.24, 2.45) is 0 Å². The van der Waals surface area contributed by atoms with Gasteiger partial charge in [-0.25, -0.2) is 4.52 Å². The van der Waals surface area contributed by atoms with Crippen LogP contribution in [0.15, 0.2) is 35.1 Å². The Morgan fingerprint density at radius 3 is 3.00 bits per heavy atom. The van der Waals surface area contributed by atoms with Crippen molar-refractivity contribution < 1.29 is 14.1 Å². The molecule has 8 heteroatoms. The predicted octanol–water partition coefficient (Wildman–Crippen LogP) is 2.20. The van der Waals surface area contributed by atoms with E-state index in [0.717, 1.165) is 24.2 Å². The van der Waals surface area contributed by atoms with E-state index in [-0.39, 0.29) is 12.0 Å². The van der Waals surface area contributed by atoms with E-state index in [2.05, 4.69) is 15.2 Å². The summed E-state index contributed by atoms with van der Waals surface area (Å²) in [6.45, 7) is 2.85. The van der Waals surface area contributed by atoms with Gasteiger partial charge in [0.25, 0.3) is 11.8 Å². The van der Waals surface area contributed by atoms with Crippen LogP contribution >= 0.6 is 0 Å². The first kappa shape index (κ1) is 15.5. The number of hydrogen-bond acceptors (Lipinski definition) is 6. The van der Waals surface area contributed by atoms with Crippen LogP contribution in [0, 0.1) is 0 Å². The number of carbonyl (C=O) groups is 1. The molecular formula is C18H19N5O3. The molecule has 3 aromatic heterocycles. The van der Waals surface area contributed by atoms with E-state index in [1.165, 1.54) is 0 Å². The third-order valence-electron chi connectivity index (χ3n) is 4.88. The lowest BCUT2D eigenvalue weighted by molar-refractivity contribution is -0.0809. The maximum atomic E-state index is 13.1. The van der Waals surface area contributed by atoms with Gasteiger partial charge in [0.1, 0.15) is 0 Å². The highest BCUT2D eigenvalue weighted by molar-refractivity contribution is 6.00. The first-order chi connectivity index (χ1) is 12.7. The van der Waals surface area contributed by atoms with E-state index in [9.17, 15) is 4.79 Å². The Bertz CT molecular complexity index is 961. The van der Waals surface area contributed by atoms with Crippen molar-refractivity contribution in [3.05, 3.63) is 47.9 Å². The van der Waals surface area contributed by atoms with E-state index >= 15 is 0 Å². The van der Waals surface area contributed by atoms with Crippen LogP contribution in [0.4, 0.5) is 0 Å². The number of ether oxygens (including phenoxy) is 1. The van der Waals surface area contributed by atoms with Crippen molar-refractivity contribution >= 4 is 11.4 Å². The van der Waals surface area contributed by atoms with Crippen LogP contribution < -0.4 is 0 Å². The van der Waals surface area contributed by atoms with Gasteiger partial charge in [-0.15, -0.1) is 0 Å². The number of fused-ring (bicyclic) bond motifs is 1. The van der Waals surface area contributed by atoms with Crippen LogP contribution in [0.3, 0.4) is 0 Å². The van der Waals surface area contributed by atoms with Crippen LogP contribution in [-0.2, 0) is 4.74 Å². The quantitative estimate of drug-likeness (QED) is 0.717. The smallest absolute Gasteiger partial charge is 0.257 e. The average Bonchev–Trinajstić information content (AvgIpc) is 3.23. The predicted molar refractivity (Wildman–Crippen MR) is 90.7 cm³/mol. The van der Waals surface area contributed by atoms with Gasteiger partial charge in [-0.3, -0.25) is 4.79 Å².